The van der Waals surface area contributed by atoms with Gasteiger partial charge in [-0.15, -0.1) is 0 Å². The van der Waals surface area contributed by atoms with Crippen LogP contribution in [0.15, 0.2) is 18.2 Å². The molecule has 5 rings (SSSR count). The van der Waals surface area contributed by atoms with Crippen LogP contribution in [-0.4, -0.2) is 47.8 Å². The lowest BCUT2D eigenvalue weighted by Gasteiger charge is -2.34. The van der Waals surface area contributed by atoms with Gasteiger partial charge in [0.25, 0.3) is 5.91 Å². The van der Waals surface area contributed by atoms with Crippen LogP contribution in [0.4, 0.5) is 0 Å². The number of amides is 3. The van der Waals surface area contributed by atoms with Gasteiger partial charge in [-0.2, -0.15) is 0 Å². The van der Waals surface area contributed by atoms with Gasteiger partial charge in [-0.05, 0) is 67.7 Å². The first-order valence-electron chi connectivity index (χ1n) is 11.2. The number of imide groups is 1. The summed E-state index contributed by atoms with van der Waals surface area (Å²) in [6.45, 7) is 3.55. The van der Waals surface area contributed by atoms with Crippen molar-refractivity contribution in [1.29, 1.82) is 0 Å². The molecule has 1 saturated carbocycles. The molecule has 1 aromatic rings. The smallest absolute Gasteiger partial charge is 0.255 e. The Kier molecular flexibility index (Phi) is 5.11. The Morgan fingerprint density at radius 1 is 1.17 bits per heavy atom. The van der Waals surface area contributed by atoms with E-state index in [-0.39, 0.29) is 24.1 Å². The molecular weight excluding hydrogens is 380 g/mol. The first kappa shape index (κ1) is 19.7. The van der Waals surface area contributed by atoms with E-state index in [0.29, 0.717) is 30.0 Å². The summed E-state index contributed by atoms with van der Waals surface area (Å²) in [5, 5.41) is 9.65. The van der Waals surface area contributed by atoms with E-state index in [0.717, 1.165) is 25.2 Å². The number of hydrogen-bond donors (Lipinski definition) is 3. The van der Waals surface area contributed by atoms with Gasteiger partial charge < -0.3 is 15.5 Å². The first-order chi connectivity index (χ1) is 14.5. The standard InChI is InChI=1S/C23H30N4O3/c28-20-5-4-19(21(29)26-20)27-13-16-10-15(2-3-18(16)22(27)30)12-25-17-6-8-23(11-17)7-1-9-24-14-23/h2-3,10,17,19,24-25H,1,4-9,11-14H2,(H,26,28,29). The molecule has 30 heavy (non-hydrogen) atoms. The minimum Gasteiger partial charge on any atom is -0.322 e. The lowest BCUT2D eigenvalue weighted by atomic mass is 9.79. The summed E-state index contributed by atoms with van der Waals surface area (Å²) >= 11 is 0. The van der Waals surface area contributed by atoms with E-state index in [4.69, 9.17) is 0 Å². The Balaban J connectivity index is 1.21. The van der Waals surface area contributed by atoms with Crippen molar-refractivity contribution >= 4 is 17.7 Å². The summed E-state index contributed by atoms with van der Waals surface area (Å²) < 4.78 is 0. The maximum absolute atomic E-state index is 12.8. The molecule has 7 heteroatoms. The van der Waals surface area contributed by atoms with Gasteiger partial charge in [0.15, 0.2) is 0 Å². The van der Waals surface area contributed by atoms with Crippen LogP contribution in [0.25, 0.3) is 0 Å². The topological polar surface area (TPSA) is 90.5 Å². The molecule has 3 fully saturated rings. The van der Waals surface area contributed by atoms with Crippen molar-refractivity contribution < 1.29 is 14.4 Å². The largest absolute Gasteiger partial charge is 0.322 e. The number of fused-ring (bicyclic) bond motifs is 1. The monoisotopic (exact) mass is 410 g/mol. The predicted octanol–water partition coefficient (Wildman–Crippen LogP) is 1.46. The highest BCUT2D eigenvalue weighted by Gasteiger charge is 2.40. The normalized spacial score (nSPS) is 31.3. The maximum Gasteiger partial charge on any atom is 0.255 e. The Hall–Kier alpha value is -2.25. The first-order valence-corrected chi connectivity index (χ1v) is 11.2. The lowest BCUT2D eigenvalue weighted by molar-refractivity contribution is -0.136. The van der Waals surface area contributed by atoms with Crippen LogP contribution in [0.3, 0.4) is 0 Å². The molecular formula is C23H30N4O3. The van der Waals surface area contributed by atoms with Crippen molar-refractivity contribution in [2.75, 3.05) is 13.1 Å². The number of carbonyl (C=O) groups excluding carboxylic acids is 3. The second-order valence-corrected chi connectivity index (χ2v) is 9.49. The average molecular weight is 411 g/mol. The summed E-state index contributed by atoms with van der Waals surface area (Å²) in [5.41, 5.74) is 3.32. The second-order valence-electron chi connectivity index (χ2n) is 9.49. The molecule has 4 aliphatic rings. The fourth-order valence-corrected chi connectivity index (χ4v) is 5.80. The van der Waals surface area contributed by atoms with Crippen molar-refractivity contribution in [3.05, 3.63) is 34.9 Å². The third-order valence-electron chi connectivity index (χ3n) is 7.45. The molecule has 1 spiro atoms. The van der Waals surface area contributed by atoms with Crippen LogP contribution in [0.5, 0.6) is 0 Å². The highest BCUT2D eigenvalue weighted by Crippen LogP contribution is 2.43. The van der Waals surface area contributed by atoms with E-state index in [1.54, 1.807) is 4.90 Å². The number of carbonyl (C=O) groups is 3. The number of benzene rings is 1. The van der Waals surface area contributed by atoms with Crippen LogP contribution in [0.2, 0.25) is 0 Å². The molecule has 3 heterocycles. The minimum atomic E-state index is -0.553. The number of hydrogen-bond acceptors (Lipinski definition) is 5. The van der Waals surface area contributed by atoms with E-state index in [1.807, 2.05) is 12.1 Å². The molecule has 1 aliphatic carbocycles. The van der Waals surface area contributed by atoms with Crippen molar-refractivity contribution in [3.63, 3.8) is 0 Å². The molecule has 3 unspecified atom stereocenters. The van der Waals surface area contributed by atoms with E-state index >= 15 is 0 Å². The Bertz CT molecular complexity index is 877. The fourth-order valence-electron chi connectivity index (χ4n) is 5.80. The summed E-state index contributed by atoms with van der Waals surface area (Å²) in [7, 11) is 0. The predicted molar refractivity (Wildman–Crippen MR) is 112 cm³/mol. The second kappa shape index (κ2) is 7.78. The van der Waals surface area contributed by atoms with E-state index in [9.17, 15) is 14.4 Å². The van der Waals surface area contributed by atoms with Gasteiger partial charge in [-0.3, -0.25) is 19.7 Å². The van der Waals surface area contributed by atoms with Crippen LogP contribution in [-0.2, 0) is 22.7 Å². The van der Waals surface area contributed by atoms with Crippen LogP contribution >= 0.6 is 0 Å². The van der Waals surface area contributed by atoms with E-state index in [2.05, 4.69) is 22.0 Å². The van der Waals surface area contributed by atoms with Crippen LogP contribution < -0.4 is 16.0 Å². The summed E-state index contributed by atoms with van der Waals surface area (Å²) in [5.74, 6) is -0.727. The van der Waals surface area contributed by atoms with E-state index in [1.165, 1.54) is 37.7 Å². The zero-order chi connectivity index (χ0) is 20.7. The highest BCUT2D eigenvalue weighted by molar-refractivity contribution is 6.05. The van der Waals surface area contributed by atoms with Gasteiger partial charge in [0.1, 0.15) is 6.04 Å². The van der Waals surface area contributed by atoms with Gasteiger partial charge >= 0.3 is 0 Å². The molecule has 0 bridgehead atoms. The minimum absolute atomic E-state index is 0.110. The number of nitrogens with one attached hydrogen (secondary N) is 3. The molecule has 0 radical (unpaired) electrons. The molecule has 0 aromatic heterocycles. The Morgan fingerprint density at radius 2 is 2.07 bits per heavy atom. The average Bonchev–Trinajstić information content (AvgIpc) is 3.28. The van der Waals surface area contributed by atoms with Crippen LogP contribution in [0.1, 0.15) is 66.4 Å². The fraction of sp³-hybridized carbons (Fsp3) is 0.609. The molecule has 160 valence electrons. The highest BCUT2D eigenvalue weighted by atomic mass is 16.2. The van der Waals surface area contributed by atoms with Gasteiger partial charge in [0, 0.05) is 37.7 Å². The maximum atomic E-state index is 12.8. The molecule has 2 saturated heterocycles. The van der Waals surface area contributed by atoms with Gasteiger partial charge in [-0.1, -0.05) is 12.1 Å². The molecule has 3 N–H and O–H groups in total. The summed E-state index contributed by atoms with van der Waals surface area (Å²) in [6.07, 6.45) is 7.09. The summed E-state index contributed by atoms with van der Waals surface area (Å²) in [4.78, 5) is 38.0. The third kappa shape index (κ3) is 3.65. The zero-order valence-corrected chi connectivity index (χ0v) is 17.3. The number of nitrogens with zero attached hydrogens (tertiary/aromatic N) is 1. The van der Waals surface area contributed by atoms with Crippen molar-refractivity contribution in [2.24, 2.45) is 5.41 Å². The van der Waals surface area contributed by atoms with Gasteiger partial charge in [0.05, 0.1) is 0 Å². The zero-order valence-electron chi connectivity index (χ0n) is 17.3. The number of piperidine rings is 2. The van der Waals surface area contributed by atoms with Gasteiger partial charge in [-0.25, -0.2) is 0 Å². The Labute approximate surface area is 177 Å². The molecule has 3 atom stereocenters. The quantitative estimate of drug-likeness (QED) is 0.654. The SMILES string of the molecule is O=C1CCC(N2Cc3cc(CNC4CCC5(CCCNC5)C4)ccc3C2=O)C(=O)N1. The molecule has 1 aromatic carbocycles. The Morgan fingerprint density at radius 3 is 2.87 bits per heavy atom. The van der Waals surface area contributed by atoms with Crippen molar-refractivity contribution in [3.8, 4) is 0 Å². The third-order valence-corrected chi connectivity index (χ3v) is 7.45. The summed E-state index contributed by atoms with van der Waals surface area (Å²) in [6, 6.07) is 6.01. The van der Waals surface area contributed by atoms with E-state index < -0.39 is 6.04 Å². The molecule has 3 aliphatic heterocycles. The molecule has 7 nitrogen and oxygen atoms in total. The number of rotatable bonds is 4. The lowest BCUT2D eigenvalue weighted by Crippen LogP contribution is -2.52. The molecule has 3 amide bonds. The van der Waals surface area contributed by atoms with Crippen molar-refractivity contribution in [2.45, 2.75) is 70.1 Å². The van der Waals surface area contributed by atoms with Gasteiger partial charge in [0.2, 0.25) is 11.8 Å². The van der Waals surface area contributed by atoms with Crippen LogP contribution in [0, 0.1) is 5.41 Å². The van der Waals surface area contributed by atoms with Crippen molar-refractivity contribution in [1.82, 2.24) is 20.9 Å².